The van der Waals surface area contributed by atoms with Crippen LogP contribution in [-0.4, -0.2) is 51.8 Å². The summed E-state index contributed by atoms with van der Waals surface area (Å²) in [5.74, 6) is -3.97. The van der Waals surface area contributed by atoms with Crippen molar-refractivity contribution in [2.24, 2.45) is 23.2 Å². The van der Waals surface area contributed by atoms with Crippen LogP contribution in [0.3, 0.4) is 0 Å². The number of esters is 2. The molecule has 166 valence electrons. The molecule has 0 radical (unpaired) electrons. The van der Waals surface area contributed by atoms with Crippen LogP contribution >= 0.6 is 11.6 Å². The Bertz CT molecular complexity index is 833. The van der Waals surface area contributed by atoms with E-state index in [4.69, 9.17) is 21.1 Å². The molecule has 0 aromatic rings. The van der Waals surface area contributed by atoms with Crippen molar-refractivity contribution < 1.29 is 34.1 Å². The molecule has 8 heteroatoms. The predicted molar refractivity (Wildman–Crippen MR) is 108 cm³/mol. The van der Waals surface area contributed by atoms with Gasteiger partial charge in [-0.2, -0.15) is 0 Å². The first-order valence-corrected chi connectivity index (χ1v) is 10.6. The Morgan fingerprint density at radius 3 is 2.57 bits per heavy atom. The minimum absolute atomic E-state index is 0.143. The molecule has 3 rings (SSSR count). The summed E-state index contributed by atoms with van der Waals surface area (Å²) in [7, 11) is 0. The van der Waals surface area contributed by atoms with Crippen molar-refractivity contribution in [1.82, 2.24) is 0 Å². The van der Waals surface area contributed by atoms with Crippen LogP contribution in [0.25, 0.3) is 0 Å². The average Bonchev–Trinajstić information content (AvgIpc) is 2.91. The Balaban J connectivity index is 2.25. The molecule has 1 fully saturated rings. The average molecular weight is 441 g/mol. The van der Waals surface area contributed by atoms with Crippen molar-refractivity contribution in [3.63, 3.8) is 0 Å². The van der Waals surface area contributed by atoms with Gasteiger partial charge in [-0.3, -0.25) is 14.4 Å². The Labute approximate surface area is 181 Å². The fourth-order valence-electron chi connectivity index (χ4n) is 5.25. The number of ether oxygens (including phenoxy) is 2. The first-order valence-electron chi connectivity index (χ1n) is 10.2. The summed E-state index contributed by atoms with van der Waals surface area (Å²) in [6.45, 7) is 8.00. The zero-order chi connectivity index (χ0) is 22.6. The molecule has 1 saturated heterocycles. The van der Waals surface area contributed by atoms with Crippen molar-refractivity contribution in [2.45, 2.75) is 71.4 Å². The fraction of sp³-hybridized carbons (Fsp3) is 0.682. The maximum absolute atomic E-state index is 12.6. The Morgan fingerprint density at radius 1 is 1.33 bits per heavy atom. The number of carbonyl (C=O) groups is 3. The number of carbonyl (C=O) groups excluding carboxylic acids is 3. The van der Waals surface area contributed by atoms with Gasteiger partial charge in [-0.15, -0.1) is 0 Å². The van der Waals surface area contributed by atoms with Gasteiger partial charge < -0.3 is 19.7 Å². The summed E-state index contributed by atoms with van der Waals surface area (Å²) in [5.41, 5.74) is -2.34. The Hall–Kier alpha value is -1.70. The topological polar surface area (TPSA) is 110 Å². The molecule has 0 aromatic carbocycles. The Morgan fingerprint density at radius 2 is 1.97 bits per heavy atom. The highest BCUT2D eigenvalue weighted by molar-refractivity contribution is 6.30. The van der Waals surface area contributed by atoms with Crippen molar-refractivity contribution in [3.8, 4) is 0 Å². The summed E-state index contributed by atoms with van der Waals surface area (Å²) < 4.78 is 11.0. The van der Waals surface area contributed by atoms with Crippen molar-refractivity contribution in [1.29, 1.82) is 0 Å². The number of rotatable bonds is 1. The van der Waals surface area contributed by atoms with Gasteiger partial charge in [0, 0.05) is 24.2 Å². The van der Waals surface area contributed by atoms with E-state index in [9.17, 15) is 24.6 Å². The number of halogens is 1. The summed E-state index contributed by atoms with van der Waals surface area (Å²) >= 11 is 6.53. The quantitative estimate of drug-likeness (QED) is 0.602. The molecule has 2 aliphatic carbocycles. The molecule has 30 heavy (non-hydrogen) atoms. The zero-order valence-corrected chi connectivity index (χ0v) is 18.6. The van der Waals surface area contributed by atoms with Crippen LogP contribution in [0, 0.1) is 23.2 Å². The number of hydrogen-bond donors (Lipinski definition) is 2. The second-order valence-corrected chi connectivity index (χ2v) is 9.46. The predicted octanol–water partition coefficient (Wildman–Crippen LogP) is 2.28. The SMILES string of the molecule is CC(=O)O[C@H]1CC/C(C)=C(/Cl)[C@H]2OC(=O)[C@H](C)[C@@]2(O)[C@@H](O)[C@H]2[C@@H](C)C(=O)C=C[C@@]21C. The van der Waals surface area contributed by atoms with E-state index in [-0.39, 0.29) is 10.8 Å². The van der Waals surface area contributed by atoms with Gasteiger partial charge in [-0.25, -0.2) is 0 Å². The monoisotopic (exact) mass is 440 g/mol. The summed E-state index contributed by atoms with van der Waals surface area (Å²) in [6, 6.07) is 0. The van der Waals surface area contributed by atoms with E-state index >= 15 is 0 Å². The van der Waals surface area contributed by atoms with Crippen molar-refractivity contribution in [2.75, 3.05) is 0 Å². The highest BCUT2D eigenvalue weighted by Gasteiger charge is 2.65. The number of aliphatic hydroxyl groups is 2. The van der Waals surface area contributed by atoms with E-state index < -0.39 is 59.0 Å². The second kappa shape index (κ2) is 7.77. The molecule has 0 spiro atoms. The first-order chi connectivity index (χ1) is 13.9. The van der Waals surface area contributed by atoms with Gasteiger partial charge in [0.15, 0.2) is 11.9 Å². The van der Waals surface area contributed by atoms with E-state index in [1.807, 2.05) is 0 Å². The normalized spacial score (nSPS) is 46.7. The lowest BCUT2D eigenvalue weighted by molar-refractivity contribution is -0.185. The van der Waals surface area contributed by atoms with Gasteiger partial charge in [0.2, 0.25) is 0 Å². The van der Waals surface area contributed by atoms with Crippen LogP contribution in [-0.2, 0) is 23.9 Å². The van der Waals surface area contributed by atoms with Crippen LogP contribution in [0.4, 0.5) is 0 Å². The molecule has 0 saturated carbocycles. The maximum atomic E-state index is 12.6. The van der Waals surface area contributed by atoms with E-state index in [0.29, 0.717) is 18.4 Å². The number of aliphatic hydroxyl groups excluding tert-OH is 1. The minimum Gasteiger partial charge on any atom is -0.462 e. The smallest absolute Gasteiger partial charge is 0.312 e. The lowest BCUT2D eigenvalue weighted by Crippen LogP contribution is -2.63. The van der Waals surface area contributed by atoms with E-state index in [0.717, 1.165) is 0 Å². The molecule has 3 aliphatic rings. The third kappa shape index (κ3) is 3.31. The molecular weight excluding hydrogens is 412 g/mol. The molecule has 0 amide bonds. The number of hydrogen-bond acceptors (Lipinski definition) is 7. The van der Waals surface area contributed by atoms with Crippen LogP contribution in [0.1, 0.15) is 47.5 Å². The molecule has 0 aromatic heterocycles. The molecule has 0 unspecified atom stereocenters. The van der Waals surface area contributed by atoms with Crippen molar-refractivity contribution in [3.05, 3.63) is 22.8 Å². The van der Waals surface area contributed by atoms with Gasteiger partial charge in [0.25, 0.3) is 0 Å². The first kappa shape index (κ1) is 23.0. The standard InChI is InChI=1S/C22H29ClO7/c1-10-6-7-15(29-13(4)24)21(5)9-8-14(25)11(2)16(21)18(26)22(28)12(3)20(27)30-19(22)17(10)23/h8-9,11-12,15-16,18-19,26,28H,6-7H2,1-5H3/b17-10+/t11-,12-,15-,16+,18-,19+,21+,22+/m0/s1. The largest absolute Gasteiger partial charge is 0.462 e. The van der Waals surface area contributed by atoms with Crippen LogP contribution in [0.15, 0.2) is 22.8 Å². The third-order valence-corrected chi connectivity index (χ3v) is 7.77. The molecular formula is C22H29ClO7. The number of ketones is 1. The van der Waals surface area contributed by atoms with Gasteiger partial charge >= 0.3 is 11.9 Å². The lowest BCUT2D eigenvalue weighted by atomic mass is 9.56. The minimum atomic E-state index is -2.04. The molecule has 1 heterocycles. The third-order valence-electron chi connectivity index (χ3n) is 7.25. The van der Waals surface area contributed by atoms with Gasteiger partial charge in [-0.05, 0) is 32.8 Å². The number of allylic oxidation sites excluding steroid dienone is 2. The molecule has 1 aliphatic heterocycles. The van der Waals surface area contributed by atoms with E-state index in [1.54, 1.807) is 26.8 Å². The highest BCUT2D eigenvalue weighted by Crippen LogP contribution is 2.53. The summed E-state index contributed by atoms with van der Waals surface area (Å²) in [4.78, 5) is 36.8. The van der Waals surface area contributed by atoms with Crippen molar-refractivity contribution >= 4 is 29.3 Å². The van der Waals surface area contributed by atoms with Crippen LogP contribution < -0.4 is 0 Å². The van der Waals surface area contributed by atoms with E-state index in [2.05, 4.69) is 0 Å². The van der Waals surface area contributed by atoms with Gasteiger partial charge in [-0.1, -0.05) is 37.1 Å². The molecule has 0 bridgehead atoms. The van der Waals surface area contributed by atoms with Gasteiger partial charge in [0.05, 0.1) is 17.1 Å². The number of fused-ring (bicyclic) bond motifs is 2. The summed E-state index contributed by atoms with van der Waals surface area (Å²) in [5, 5.41) is 23.4. The van der Waals surface area contributed by atoms with E-state index in [1.165, 1.54) is 19.9 Å². The Kier molecular flexibility index (Phi) is 5.95. The van der Waals surface area contributed by atoms with Crippen LogP contribution in [0.2, 0.25) is 0 Å². The fourth-order valence-corrected chi connectivity index (χ4v) is 5.56. The summed E-state index contributed by atoms with van der Waals surface area (Å²) in [6.07, 6.45) is 0.446. The molecule has 7 nitrogen and oxygen atoms in total. The molecule has 2 N–H and O–H groups in total. The second-order valence-electron chi connectivity index (χ2n) is 9.05. The maximum Gasteiger partial charge on any atom is 0.312 e. The highest BCUT2D eigenvalue weighted by atomic mass is 35.5. The van der Waals surface area contributed by atoms with Gasteiger partial charge in [0.1, 0.15) is 11.7 Å². The van der Waals surface area contributed by atoms with Crippen LogP contribution in [0.5, 0.6) is 0 Å². The zero-order valence-electron chi connectivity index (χ0n) is 17.8. The molecule has 8 atom stereocenters. The lowest BCUT2D eigenvalue weighted by Gasteiger charge is -2.51.